The molecule has 2 aliphatic rings. The minimum Gasteiger partial charge on any atom is -0.479 e. The molecule has 5 heterocycles. The second-order valence-electron chi connectivity index (χ2n) is 9.94. The van der Waals surface area contributed by atoms with E-state index in [0.717, 1.165) is 66.4 Å². The highest BCUT2D eigenvalue weighted by Gasteiger charge is 2.42. The molecule has 0 aromatic carbocycles. The number of hydrogen-bond donors (Lipinski definition) is 4. The molecule has 41 heavy (non-hydrogen) atoms. The summed E-state index contributed by atoms with van der Waals surface area (Å²) in [6, 6.07) is 5.62. The van der Waals surface area contributed by atoms with Crippen LogP contribution in [-0.4, -0.2) is 91.0 Å². The maximum atomic E-state index is 13.9. The number of aliphatic carboxylic acids is 2. The fraction of sp³-hybridized carbons (Fsp3) is 0.481. The minimum absolute atomic E-state index is 0.0947. The van der Waals surface area contributed by atoms with Crippen LogP contribution in [0.3, 0.4) is 0 Å². The molecule has 1 spiro atoms. The van der Waals surface area contributed by atoms with Crippen LogP contribution in [0.25, 0.3) is 5.82 Å². The van der Waals surface area contributed by atoms with E-state index in [1.165, 1.54) is 16.9 Å². The number of fused-ring (bicyclic) bond motifs is 2. The molecule has 0 aliphatic carbocycles. The number of halogens is 1. The highest BCUT2D eigenvalue weighted by molar-refractivity contribution is 7.10. The van der Waals surface area contributed by atoms with E-state index in [1.807, 2.05) is 23.7 Å². The molecule has 0 bridgehead atoms. The Bertz CT molecular complexity index is 1350. The lowest BCUT2D eigenvalue weighted by Gasteiger charge is -2.43. The van der Waals surface area contributed by atoms with Crippen LogP contribution in [0.4, 0.5) is 4.39 Å². The molecule has 3 aromatic rings. The molecule has 0 amide bonds. The number of aryl methyl sites for hydroxylation is 1. The SMILES string of the molecule is COCc1cccnc1-n1cc(CN2CCC3(CC2)OCCc2cc(F)sc23)c(C)n1.O=C(O)C(O)C(O)C(=O)O. The number of hydrogen-bond acceptors (Lipinski definition) is 10. The zero-order valence-corrected chi connectivity index (χ0v) is 23.5. The average molecular weight is 593 g/mol. The second-order valence-corrected chi connectivity index (χ2v) is 10.9. The number of aliphatic hydroxyl groups excluding tert-OH is 2. The van der Waals surface area contributed by atoms with Crippen molar-refractivity contribution in [3.63, 3.8) is 0 Å². The number of carboxylic acids is 2. The van der Waals surface area contributed by atoms with Crippen LogP contribution in [0, 0.1) is 12.1 Å². The van der Waals surface area contributed by atoms with Crippen LogP contribution in [-0.2, 0) is 44.2 Å². The van der Waals surface area contributed by atoms with Crippen LogP contribution in [0.5, 0.6) is 0 Å². The molecular formula is C27H33FN4O8S. The lowest BCUT2D eigenvalue weighted by Crippen LogP contribution is -2.45. The summed E-state index contributed by atoms with van der Waals surface area (Å²) in [5.41, 5.74) is 4.04. The predicted molar refractivity (Wildman–Crippen MR) is 144 cm³/mol. The van der Waals surface area contributed by atoms with Crippen LogP contribution >= 0.6 is 11.3 Å². The van der Waals surface area contributed by atoms with Gasteiger partial charge in [0, 0.05) is 55.1 Å². The number of likely N-dealkylation sites (tertiary alicyclic amines) is 1. The molecular weight excluding hydrogens is 559 g/mol. The zero-order chi connectivity index (χ0) is 29.7. The quantitative estimate of drug-likeness (QED) is 0.301. The third-order valence-corrected chi connectivity index (χ3v) is 8.34. The smallest absolute Gasteiger partial charge is 0.335 e. The largest absolute Gasteiger partial charge is 0.479 e. The third kappa shape index (κ3) is 6.97. The molecule has 3 aromatic heterocycles. The van der Waals surface area contributed by atoms with Crippen molar-refractivity contribution in [2.75, 3.05) is 26.8 Å². The molecule has 5 rings (SSSR count). The first-order valence-electron chi connectivity index (χ1n) is 13.0. The lowest BCUT2D eigenvalue weighted by molar-refractivity contribution is -0.165. The number of nitrogens with zero attached hydrogens (tertiary/aromatic N) is 4. The maximum Gasteiger partial charge on any atom is 0.335 e. The van der Waals surface area contributed by atoms with E-state index < -0.39 is 24.1 Å². The molecule has 4 N–H and O–H groups in total. The predicted octanol–water partition coefficient (Wildman–Crippen LogP) is 1.86. The van der Waals surface area contributed by atoms with Crippen molar-refractivity contribution in [2.45, 2.75) is 57.1 Å². The topological polar surface area (TPSA) is 167 Å². The second kappa shape index (κ2) is 13.1. The van der Waals surface area contributed by atoms with Gasteiger partial charge in [0.05, 0.1) is 18.9 Å². The minimum atomic E-state index is -2.27. The van der Waals surface area contributed by atoms with Crippen molar-refractivity contribution in [3.8, 4) is 5.82 Å². The monoisotopic (exact) mass is 592 g/mol. The summed E-state index contributed by atoms with van der Waals surface area (Å²) in [6.07, 6.45) is 1.93. The fourth-order valence-electron chi connectivity index (χ4n) is 5.01. The number of thiophene rings is 1. The first-order valence-corrected chi connectivity index (χ1v) is 13.8. The normalized spacial score (nSPS) is 17.8. The van der Waals surface area contributed by atoms with Crippen LogP contribution in [0.2, 0.25) is 0 Å². The molecule has 0 radical (unpaired) electrons. The van der Waals surface area contributed by atoms with Gasteiger partial charge in [0.25, 0.3) is 0 Å². The van der Waals surface area contributed by atoms with Crippen molar-refractivity contribution in [3.05, 3.63) is 63.0 Å². The van der Waals surface area contributed by atoms with Crippen molar-refractivity contribution in [2.24, 2.45) is 0 Å². The zero-order valence-electron chi connectivity index (χ0n) is 22.7. The van der Waals surface area contributed by atoms with Crippen LogP contribution in [0.15, 0.2) is 30.6 Å². The van der Waals surface area contributed by atoms with Gasteiger partial charge in [-0.15, -0.1) is 11.3 Å². The first kappa shape index (κ1) is 30.7. The van der Waals surface area contributed by atoms with E-state index in [2.05, 4.69) is 16.1 Å². The van der Waals surface area contributed by atoms with Crippen molar-refractivity contribution in [1.29, 1.82) is 0 Å². The molecule has 12 nitrogen and oxygen atoms in total. The van der Waals surface area contributed by atoms with Gasteiger partial charge >= 0.3 is 11.9 Å². The third-order valence-electron chi connectivity index (χ3n) is 7.19. The number of piperidine rings is 1. The molecule has 1 saturated heterocycles. The number of ether oxygens (including phenoxy) is 2. The van der Waals surface area contributed by atoms with Gasteiger partial charge in [0.15, 0.2) is 23.2 Å². The Balaban J connectivity index is 0.000000334. The van der Waals surface area contributed by atoms with Gasteiger partial charge in [-0.05, 0) is 43.9 Å². The highest BCUT2D eigenvalue weighted by Crippen LogP contribution is 2.45. The average Bonchev–Trinajstić information content (AvgIpc) is 3.52. The van der Waals surface area contributed by atoms with Gasteiger partial charge in [-0.3, -0.25) is 4.90 Å². The molecule has 1 fully saturated rings. The summed E-state index contributed by atoms with van der Waals surface area (Å²) in [5, 5.41) is 37.1. The van der Waals surface area contributed by atoms with E-state index in [-0.39, 0.29) is 10.7 Å². The Labute approximate surface area is 239 Å². The van der Waals surface area contributed by atoms with Gasteiger partial charge in [-0.2, -0.15) is 9.49 Å². The Morgan fingerprint density at radius 3 is 2.51 bits per heavy atom. The van der Waals surface area contributed by atoms with Crippen LogP contribution in [0.1, 0.15) is 40.1 Å². The summed E-state index contributed by atoms with van der Waals surface area (Å²) in [7, 11) is 1.68. The van der Waals surface area contributed by atoms with E-state index in [1.54, 1.807) is 19.4 Å². The molecule has 2 unspecified atom stereocenters. The van der Waals surface area contributed by atoms with Crippen molar-refractivity contribution < 1.29 is 43.9 Å². The summed E-state index contributed by atoms with van der Waals surface area (Å²) < 4.78 is 27.3. The lowest BCUT2D eigenvalue weighted by atomic mass is 9.85. The Kier molecular flexibility index (Phi) is 9.84. The van der Waals surface area contributed by atoms with E-state index in [9.17, 15) is 14.0 Å². The van der Waals surface area contributed by atoms with Crippen molar-refractivity contribution in [1.82, 2.24) is 19.7 Å². The molecule has 222 valence electrons. The molecule has 2 atom stereocenters. The van der Waals surface area contributed by atoms with Crippen LogP contribution < -0.4 is 0 Å². The molecule has 14 heteroatoms. The van der Waals surface area contributed by atoms with Gasteiger partial charge in [0.2, 0.25) is 0 Å². The Hall–Kier alpha value is -3.27. The van der Waals surface area contributed by atoms with Gasteiger partial charge < -0.3 is 29.9 Å². The van der Waals surface area contributed by atoms with E-state index >= 15 is 0 Å². The summed E-state index contributed by atoms with van der Waals surface area (Å²) in [4.78, 5) is 27.6. The molecule has 0 saturated carbocycles. The number of aliphatic hydroxyl groups is 2. The fourth-order valence-corrected chi connectivity index (χ4v) is 6.14. The maximum absolute atomic E-state index is 13.9. The number of pyridine rings is 1. The van der Waals surface area contributed by atoms with E-state index in [0.29, 0.717) is 13.2 Å². The number of carbonyl (C=O) groups is 2. The summed E-state index contributed by atoms with van der Waals surface area (Å²) in [6.45, 7) is 5.89. The highest BCUT2D eigenvalue weighted by atomic mass is 32.1. The Morgan fingerprint density at radius 1 is 1.20 bits per heavy atom. The number of carboxylic acid groups (broad SMARTS) is 2. The first-order chi connectivity index (χ1) is 19.5. The van der Waals surface area contributed by atoms with E-state index in [4.69, 9.17) is 35.0 Å². The number of methoxy groups -OCH3 is 1. The molecule has 2 aliphatic heterocycles. The van der Waals surface area contributed by atoms with Gasteiger partial charge in [-0.1, -0.05) is 6.07 Å². The number of rotatable bonds is 8. The standard InChI is InChI=1S/C23H27FN4O2S.C4H6O6/c1-16-19(14-28(26-16)22-18(15-29-2)4-3-8-25-22)13-27-9-6-23(7-10-27)21-17(5-11-30-23)12-20(24)31-21;5-1(3(7)8)2(6)4(9)10/h3-4,8,12,14H,5-7,9-11,13,15H2,1-2H3;1-2,5-6H,(H,7,8)(H,9,10). The summed E-state index contributed by atoms with van der Waals surface area (Å²) in [5.74, 6) is -2.73. The summed E-state index contributed by atoms with van der Waals surface area (Å²) >= 11 is 1.27. The number of aromatic nitrogens is 3. The Morgan fingerprint density at radius 2 is 1.88 bits per heavy atom. The van der Waals surface area contributed by atoms with Gasteiger partial charge in [0.1, 0.15) is 5.60 Å². The van der Waals surface area contributed by atoms with Crippen molar-refractivity contribution >= 4 is 23.3 Å². The van der Waals surface area contributed by atoms with Gasteiger partial charge in [-0.25, -0.2) is 19.3 Å².